The highest BCUT2D eigenvalue weighted by atomic mass is 16.1. The van der Waals surface area contributed by atoms with Gasteiger partial charge in [0, 0.05) is 11.1 Å². The van der Waals surface area contributed by atoms with Gasteiger partial charge in [-0.25, -0.2) is 4.68 Å². The van der Waals surface area contributed by atoms with E-state index in [2.05, 4.69) is 89.5 Å². The smallest absolute Gasteiger partial charge is 0.253 e. The highest BCUT2D eigenvalue weighted by Crippen LogP contribution is 2.33. The summed E-state index contributed by atoms with van der Waals surface area (Å²) < 4.78 is 1.87. The van der Waals surface area contributed by atoms with Crippen LogP contribution in [0.25, 0.3) is 10.9 Å². The van der Waals surface area contributed by atoms with E-state index in [1.165, 1.54) is 5.56 Å². The number of nitrogens with one attached hydrogen (secondary N) is 1. The standard InChI is InChI=1S/C28H34N6O/c1-19-10-11-24-22(16-19)18-23(27(35)29-24)25(26-30-31-32-34(26)28(2,3)4)33-14-12-21(13-15-33)17-20-8-6-5-7-9-20/h5-11,16,18,21,25H,12-15,17H2,1-4H3,(H,29,35). The van der Waals surface area contributed by atoms with Crippen LogP contribution in [0.3, 0.4) is 0 Å². The van der Waals surface area contributed by atoms with Gasteiger partial charge in [-0.2, -0.15) is 0 Å². The molecule has 0 saturated carbocycles. The van der Waals surface area contributed by atoms with Gasteiger partial charge < -0.3 is 4.98 Å². The van der Waals surface area contributed by atoms with E-state index in [0.29, 0.717) is 11.5 Å². The third-order valence-corrected chi connectivity index (χ3v) is 7.08. The number of rotatable bonds is 5. The Hall–Kier alpha value is -3.32. The van der Waals surface area contributed by atoms with Crippen LogP contribution in [-0.2, 0) is 12.0 Å². The van der Waals surface area contributed by atoms with Crippen molar-refractivity contribution in [3.8, 4) is 0 Å². The van der Waals surface area contributed by atoms with Crippen LogP contribution >= 0.6 is 0 Å². The van der Waals surface area contributed by atoms with Gasteiger partial charge in [0.05, 0.1) is 5.54 Å². The Morgan fingerprint density at radius 1 is 1.06 bits per heavy atom. The number of benzene rings is 2. The van der Waals surface area contributed by atoms with Gasteiger partial charge in [0.2, 0.25) is 0 Å². The first-order valence-electron chi connectivity index (χ1n) is 12.5. The Balaban J connectivity index is 1.51. The van der Waals surface area contributed by atoms with Crippen molar-refractivity contribution >= 4 is 10.9 Å². The molecule has 182 valence electrons. The Kier molecular flexibility index (Phi) is 6.28. The van der Waals surface area contributed by atoms with Crippen LogP contribution in [0.1, 0.15) is 62.2 Å². The zero-order valence-corrected chi connectivity index (χ0v) is 21.0. The number of pyridine rings is 1. The second-order valence-corrected chi connectivity index (χ2v) is 10.8. The van der Waals surface area contributed by atoms with E-state index in [1.807, 2.05) is 22.9 Å². The van der Waals surface area contributed by atoms with E-state index in [9.17, 15) is 4.79 Å². The molecule has 0 amide bonds. The summed E-state index contributed by atoms with van der Waals surface area (Å²) in [5.41, 5.74) is 3.71. The molecule has 2 aromatic heterocycles. The Labute approximate surface area is 206 Å². The fourth-order valence-electron chi connectivity index (χ4n) is 5.25. The van der Waals surface area contributed by atoms with Gasteiger partial charge in [-0.1, -0.05) is 42.0 Å². The topological polar surface area (TPSA) is 79.7 Å². The fourth-order valence-corrected chi connectivity index (χ4v) is 5.25. The molecule has 3 heterocycles. The number of hydrogen-bond donors (Lipinski definition) is 1. The molecule has 1 aliphatic heterocycles. The molecular formula is C28H34N6O. The largest absolute Gasteiger partial charge is 0.322 e. The minimum atomic E-state index is -0.310. The highest BCUT2D eigenvalue weighted by Gasteiger charge is 2.35. The van der Waals surface area contributed by atoms with Crippen LogP contribution in [-0.4, -0.2) is 43.2 Å². The number of aromatic nitrogens is 5. The SMILES string of the molecule is Cc1ccc2[nH]c(=O)c(C(c3nnnn3C(C)(C)C)N3CCC(Cc4ccccc4)CC3)cc2c1. The predicted octanol–water partition coefficient (Wildman–Crippen LogP) is 4.62. The first kappa shape index (κ1) is 23.4. The van der Waals surface area contributed by atoms with Crippen molar-refractivity contribution in [2.45, 2.75) is 58.5 Å². The number of hydrogen-bond acceptors (Lipinski definition) is 5. The Morgan fingerprint density at radius 2 is 1.80 bits per heavy atom. The lowest BCUT2D eigenvalue weighted by Gasteiger charge is -2.37. The summed E-state index contributed by atoms with van der Waals surface area (Å²) in [6, 6.07) is 18.5. The summed E-state index contributed by atoms with van der Waals surface area (Å²) >= 11 is 0. The van der Waals surface area contributed by atoms with Gasteiger partial charge in [0.15, 0.2) is 5.82 Å². The highest BCUT2D eigenvalue weighted by molar-refractivity contribution is 5.79. The molecule has 1 saturated heterocycles. The van der Waals surface area contributed by atoms with Gasteiger partial charge in [0.25, 0.3) is 5.56 Å². The minimum Gasteiger partial charge on any atom is -0.322 e. The molecule has 0 aliphatic carbocycles. The van der Waals surface area contributed by atoms with E-state index in [-0.39, 0.29) is 17.1 Å². The number of piperidine rings is 1. The minimum absolute atomic E-state index is 0.0822. The summed E-state index contributed by atoms with van der Waals surface area (Å²) in [6.45, 7) is 10.1. The van der Waals surface area contributed by atoms with E-state index < -0.39 is 0 Å². The third kappa shape index (κ3) is 4.91. The molecule has 7 heteroatoms. The quantitative estimate of drug-likeness (QED) is 0.460. The molecule has 4 aromatic rings. The monoisotopic (exact) mass is 470 g/mol. The molecule has 1 N–H and O–H groups in total. The molecule has 1 atom stereocenters. The summed E-state index contributed by atoms with van der Waals surface area (Å²) in [5.74, 6) is 1.35. The lowest BCUT2D eigenvalue weighted by Crippen LogP contribution is -2.42. The molecule has 1 aliphatic rings. The van der Waals surface area contributed by atoms with E-state index in [4.69, 9.17) is 0 Å². The van der Waals surface area contributed by atoms with Crippen LogP contribution < -0.4 is 5.56 Å². The summed E-state index contributed by atoms with van der Waals surface area (Å²) in [5, 5.41) is 13.8. The van der Waals surface area contributed by atoms with Gasteiger partial charge in [0.1, 0.15) is 6.04 Å². The first-order valence-corrected chi connectivity index (χ1v) is 12.5. The molecule has 0 radical (unpaired) electrons. The van der Waals surface area contributed by atoms with Crippen LogP contribution in [0.2, 0.25) is 0 Å². The summed E-state index contributed by atoms with van der Waals surface area (Å²) in [6.07, 6.45) is 3.25. The molecule has 0 spiro atoms. The van der Waals surface area contributed by atoms with Gasteiger partial charge in [-0.15, -0.1) is 5.10 Å². The maximum absolute atomic E-state index is 13.4. The van der Waals surface area contributed by atoms with Crippen LogP contribution in [0.4, 0.5) is 0 Å². The zero-order valence-electron chi connectivity index (χ0n) is 21.0. The number of nitrogens with zero attached hydrogens (tertiary/aromatic N) is 5. The second-order valence-electron chi connectivity index (χ2n) is 10.8. The number of aryl methyl sites for hydroxylation is 1. The molecule has 0 bridgehead atoms. The van der Waals surface area contributed by atoms with Gasteiger partial charge in [-0.05, 0) is 106 Å². The molecule has 1 fully saturated rings. The summed E-state index contributed by atoms with van der Waals surface area (Å²) in [7, 11) is 0. The maximum atomic E-state index is 13.4. The van der Waals surface area contributed by atoms with Crippen molar-refractivity contribution in [2.75, 3.05) is 13.1 Å². The van der Waals surface area contributed by atoms with Gasteiger partial charge in [-0.3, -0.25) is 9.69 Å². The lowest BCUT2D eigenvalue weighted by atomic mass is 9.88. The average Bonchev–Trinajstić information content (AvgIpc) is 3.32. The van der Waals surface area contributed by atoms with Crippen molar-refractivity contribution in [1.82, 2.24) is 30.1 Å². The first-order chi connectivity index (χ1) is 16.8. The molecule has 5 rings (SSSR count). The molecule has 7 nitrogen and oxygen atoms in total. The van der Waals surface area contributed by atoms with E-state index in [1.54, 1.807) is 0 Å². The van der Waals surface area contributed by atoms with Crippen molar-refractivity contribution in [2.24, 2.45) is 5.92 Å². The molecule has 1 unspecified atom stereocenters. The Bertz CT molecular complexity index is 1360. The van der Waals surface area contributed by atoms with Gasteiger partial charge >= 0.3 is 0 Å². The zero-order chi connectivity index (χ0) is 24.6. The number of aromatic amines is 1. The second kappa shape index (κ2) is 9.38. The number of tetrazole rings is 1. The maximum Gasteiger partial charge on any atom is 0.253 e. The van der Waals surface area contributed by atoms with E-state index in [0.717, 1.165) is 54.6 Å². The van der Waals surface area contributed by atoms with Crippen LogP contribution in [0.15, 0.2) is 59.4 Å². The third-order valence-electron chi connectivity index (χ3n) is 7.08. The average molecular weight is 471 g/mol. The molecule has 2 aromatic carbocycles. The predicted molar refractivity (Wildman–Crippen MR) is 138 cm³/mol. The number of likely N-dealkylation sites (tertiary alicyclic amines) is 1. The fraction of sp³-hybridized carbons (Fsp3) is 0.429. The van der Waals surface area contributed by atoms with Crippen LogP contribution in [0, 0.1) is 12.8 Å². The van der Waals surface area contributed by atoms with E-state index >= 15 is 0 Å². The molecule has 35 heavy (non-hydrogen) atoms. The Morgan fingerprint density at radius 3 is 2.51 bits per heavy atom. The number of H-pyrrole nitrogens is 1. The van der Waals surface area contributed by atoms with Crippen molar-refractivity contribution in [3.05, 3.63) is 87.5 Å². The van der Waals surface area contributed by atoms with Crippen LogP contribution in [0.5, 0.6) is 0 Å². The van der Waals surface area contributed by atoms with Crippen molar-refractivity contribution < 1.29 is 0 Å². The summed E-state index contributed by atoms with van der Waals surface area (Å²) in [4.78, 5) is 18.9. The lowest BCUT2D eigenvalue weighted by molar-refractivity contribution is 0.138. The van der Waals surface area contributed by atoms with Crippen molar-refractivity contribution in [3.63, 3.8) is 0 Å². The van der Waals surface area contributed by atoms with Crippen molar-refractivity contribution in [1.29, 1.82) is 0 Å². The number of fused-ring (bicyclic) bond motifs is 1. The normalized spacial score (nSPS) is 16.6. The molecular weight excluding hydrogens is 436 g/mol.